The largest absolute Gasteiger partial charge is 0.356 e. The van der Waals surface area contributed by atoms with E-state index in [9.17, 15) is 0 Å². The molecule has 1 spiro atoms. The topological polar surface area (TPSA) is 79.7 Å². The average molecular weight is 397 g/mol. The summed E-state index contributed by atoms with van der Waals surface area (Å²) in [7, 11) is 0. The highest BCUT2D eigenvalue weighted by Crippen LogP contribution is 2.33. The number of ether oxygens (including phenoxy) is 2. The average Bonchev–Trinajstić information content (AvgIpc) is 3.22. The Morgan fingerprint density at radius 1 is 0.793 bits per heavy atom. The first-order valence-corrected chi connectivity index (χ1v) is 10.4. The maximum atomic E-state index is 5.85. The van der Waals surface area contributed by atoms with Crippen LogP contribution in [-0.2, 0) is 9.47 Å². The fourth-order valence-electron chi connectivity index (χ4n) is 4.31. The predicted molar refractivity (Wildman–Crippen MR) is 109 cm³/mol. The lowest BCUT2D eigenvalue weighted by molar-refractivity contribution is -0.169. The Kier molecular flexibility index (Phi) is 4.92. The van der Waals surface area contributed by atoms with Crippen LogP contribution < -0.4 is 14.7 Å². The summed E-state index contributed by atoms with van der Waals surface area (Å²) in [5, 5.41) is 0. The molecule has 154 valence electrons. The van der Waals surface area contributed by atoms with Crippen molar-refractivity contribution in [3.63, 3.8) is 0 Å². The van der Waals surface area contributed by atoms with Gasteiger partial charge in [0.1, 0.15) is 17.5 Å². The molecular formula is C20H27N7O2. The fourth-order valence-corrected chi connectivity index (χ4v) is 4.31. The maximum Gasteiger partial charge on any atom is 0.225 e. The Labute approximate surface area is 170 Å². The van der Waals surface area contributed by atoms with Crippen LogP contribution >= 0.6 is 0 Å². The smallest absolute Gasteiger partial charge is 0.225 e. The molecule has 0 aromatic carbocycles. The number of anilines is 3. The summed E-state index contributed by atoms with van der Waals surface area (Å²) in [6.45, 7) is 8.68. The predicted octanol–water partition coefficient (Wildman–Crippen LogP) is 1.24. The normalized spacial score (nSPS) is 21.8. The SMILES string of the molecule is Cc1nc(N2CCN(c3ncccn3)CC2)cc(N2CCC3(CC2)OCCO3)n1. The zero-order chi connectivity index (χ0) is 19.7. The standard InChI is InChI=1S/C20H27N7O2/c1-16-23-17(25-7-3-20(4-8-25)28-13-14-29-20)15-18(24-16)26-9-11-27(12-10-26)19-21-5-2-6-22-19/h2,5-6,15H,3-4,7-14H2,1H3. The molecule has 0 N–H and O–H groups in total. The van der Waals surface area contributed by atoms with E-state index >= 15 is 0 Å². The van der Waals surface area contributed by atoms with E-state index in [2.05, 4.69) is 30.7 Å². The summed E-state index contributed by atoms with van der Waals surface area (Å²) < 4.78 is 11.7. The molecule has 3 aliphatic heterocycles. The van der Waals surface area contributed by atoms with Gasteiger partial charge >= 0.3 is 0 Å². The van der Waals surface area contributed by atoms with Gasteiger partial charge in [-0.05, 0) is 13.0 Å². The Hall–Kier alpha value is -2.52. The van der Waals surface area contributed by atoms with E-state index in [0.29, 0.717) is 13.2 Å². The molecule has 2 aromatic rings. The van der Waals surface area contributed by atoms with E-state index < -0.39 is 0 Å². The van der Waals surface area contributed by atoms with Crippen molar-refractivity contribution in [2.45, 2.75) is 25.6 Å². The molecule has 0 amide bonds. The van der Waals surface area contributed by atoms with Crippen molar-refractivity contribution in [3.8, 4) is 0 Å². The summed E-state index contributed by atoms with van der Waals surface area (Å²) in [6.07, 6.45) is 5.33. The quantitative estimate of drug-likeness (QED) is 0.760. The van der Waals surface area contributed by atoms with E-state index in [1.165, 1.54) is 0 Å². The molecule has 0 radical (unpaired) electrons. The monoisotopic (exact) mass is 397 g/mol. The molecule has 5 heterocycles. The minimum absolute atomic E-state index is 0.364. The lowest BCUT2D eigenvalue weighted by Gasteiger charge is -2.39. The van der Waals surface area contributed by atoms with Crippen molar-refractivity contribution in [2.24, 2.45) is 0 Å². The highest BCUT2D eigenvalue weighted by Gasteiger charge is 2.40. The van der Waals surface area contributed by atoms with Crippen LogP contribution in [0.25, 0.3) is 0 Å². The van der Waals surface area contributed by atoms with Gasteiger partial charge in [-0.3, -0.25) is 0 Å². The van der Waals surface area contributed by atoms with Crippen LogP contribution in [0, 0.1) is 6.92 Å². The van der Waals surface area contributed by atoms with E-state index in [-0.39, 0.29) is 5.79 Å². The van der Waals surface area contributed by atoms with Gasteiger partial charge in [-0.15, -0.1) is 0 Å². The zero-order valence-corrected chi connectivity index (χ0v) is 16.8. The number of rotatable bonds is 3. The maximum absolute atomic E-state index is 5.85. The van der Waals surface area contributed by atoms with Gasteiger partial charge in [-0.2, -0.15) is 0 Å². The van der Waals surface area contributed by atoms with Crippen molar-refractivity contribution >= 4 is 17.6 Å². The molecule has 29 heavy (non-hydrogen) atoms. The third kappa shape index (κ3) is 3.84. The van der Waals surface area contributed by atoms with Crippen LogP contribution in [0.5, 0.6) is 0 Å². The van der Waals surface area contributed by atoms with Gasteiger partial charge in [0.05, 0.1) is 13.2 Å². The van der Waals surface area contributed by atoms with Gasteiger partial charge in [0.15, 0.2) is 5.79 Å². The van der Waals surface area contributed by atoms with Crippen LogP contribution in [0.3, 0.4) is 0 Å². The fraction of sp³-hybridized carbons (Fsp3) is 0.600. The Balaban J connectivity index is 1.26. The van der Waals surface area contributed by atoms with Gasteiger partial charge in [-0.1, -0.05) is 0 Å². The van der Waals surface area contributed by atoms with E-state index in [4.69, 9.17) is 19.4 Å². The van der Waals surface area contributed by atoms with E-state index in [1.54, 1.807) is 12.4 Å². The van der Waals surface area contributed by atoms with Gasteiger partial charge in [0.25, 0.3) is 0 Å². The first kappa shape index (κ1) is 18.5. The summed E-state index contributed by atoms with van der Waals surface area (Å²) >= 11 is 0. The van der Waals surface area contributed by atoms with Gasteiger partial charge in [-0.25, -0.2) is 19.9 Å². The number of nitrogens with zero attached hydrogens (tertiary/aromatic N) is 7. The molecule has 9 nitrogen and oxygen atoms in total. The third-order valence-electron chi connectivity index (χ3n) is 5.91. The number of hydrogen-bond acceptors (Lipinski definition) is 9. The Morgan fingerprint density at radius 3 is 1.97 bits per heavy atom. The van der Waals surface area contributed by atoms with Crippen LogP contribution in [0.15, 0.2) is 24.5 Å². The molecule has 5 rings (SSSR count). The van der Waals surface area contributed by atoms with Crippen molar-refractivity contribution in [1.82, 2.24) is 19.9 Å². The second-order valence-corrected chi connectivity index (χ2v) is 7.75. The molecule has 3 fully saturated rings. The molecule has 3 saturated heterocycles. The van der Waals surface area contributed by atoms with Crippen LogP contribution in [-0.4, -0.2) is 78.2 Å². The number of piperazine rings is 1. The zero-order valence-electron chi connectivity index (χ0n) is 16.8. The third-order valence-corrected chi connectivity index (χ3v) is 5.91. The summed E-state index contributed by atoms with van der Waals surface area (Å²) in [4.78, 5) is 25.0. The molecule has 0 saturated carbocycles. The van der Waals surface area contributed by atoms with Crippen LogP contribution in [0.4, 0.5) is 17.6 Å². The second kappa shape index (κ2) is 7.72. The molecule has 0 atom stereocenters. The molecule has 9 heteroatoms. The Morgan fingerprint density at radius 2 is 1.34 bits per heavy atom. The van der Waals surface area contributed by atoms with Crippen molar-refractivity contribution in [3.05, 3.63) is 30.4 Å². The molecule has 2 aromatic heterocycles. The first-order valence-electron chi connectivity index (χ1n) is 10.4. The van der Waals surface area contributed by atoms with Gasteiger partial charge in [0, 0.05) is 70.6 Å². The number of aryl methyl sites for hydroxylation is 1. The van der Waals surface area contributed by atoms with Crippen molar-refractivity contribution in [2.75, 3.05) is 67.2 Å². The van der Waals surface area contributed by atoms with E-state index in [1.807, 2.05) is 13.0 Å². The van der Waals surface area contributed by atoms with Gasteiger partial charge in [0.2, 0.25) is 5.95 Å². The Bertz CT molecular complexity index is 826. The molecule has 0 bridgehead atoms. The lowest BCUT2D eigenvalue weighted by atomic mass is 10.0. The highest BCUT2D eigenvalue weighted by atomic mass is 16.7. The number of hydrogen-bond donors (Lipinski definition) is 0. The van der Waals surface area contributed by atoms with Crippen LogP contribution in [0.1, 0.15) is 18.7 Å². The number of piperidine rings is 1. The minimum atomic E-state index is -0.364. The number of aromatic nitrogens is 4. The van der Waals surface area contributed by atoms with Crippen LogP contribution in [0.2, 0.25) is 0 Å². The lowest BCUT2D eigenvalue weighted by Crippen LogP contribution is -2.48. The van der Waals surface area contributed by atoms with E-state index in [0.717, 1.165) is 75.5 Å². The minimum Gasteiger partial charge on any atom is -0.356 e. The molecule has 3 aliphatic rings. The van der Waals surface area contributed by atoms with Crippen molar-refractivity contribution < 1.29 is 9.47 Å². The first-order chi connectivity index (χ1) is 14.2. The molecule has 0 aliphatic carbocycles. The summed E-state index contributed by atoms with van der Waals surface area (Å²) in [5.74, 6) is 3.23. The summed E-state index contributed by atoms with van der Waals surface area (Å²) in [6, 6.07) is 3.97. The highest BCUT2D eigenvalue weighted by molar-refractivity contribution is 5.52. The van der Waals surface area contributed by atoms with Gasteiger partial charge < -0.3 is 24.2 Å². The summed E-state index contributed by atoms with van der Waals surface area (Å²) in [5.41, 5.74) is 0. The molecular weight excluding hydrogens is 370 g/mol. The van der Waals surface area contributed by atoms with Crippen molar-refractivity contribution in [1.29, 1.82) is 0 Å². The molecule has 0 unspecified atom stereocenters. The second-order valence-electron chi connectivity index (χ2n) is 7.75.